The van der Waals surface area contributed by atoms with E-state index in [1.54, 1.807) is 36.4 Å². The number of ether oxygens (including phenoxy) is 1. The van der Waals surface area contributed by atoms with E-state index in [9.17, 15) is 4.79 Å². The molecule has 3 N–H and O–H groups in total. The lowest BCUT2D eigenvalue weighted by atomic mass is 10.3. The summed E-state index contributed by atoms with van der Waals surface area (Å²) in [6.07, 6.45) is 2.28. The molecule has 100 valence electrons. The first kappa shape index (κ1) is 13.2. The molecule has 0 unspecified atom stereocenters. The zero-order valence-corrected chi connectivity index (χ0v) is 10.5. The molecule has 0 saturated heterocycles. The number of carbonyl (C=O) groups is 1. The number of nitrogens with one attached hydrogen (secondary N) is 1. The summed E-state index contributed by atoms with van der Waals surface area (Å²) in [5, 5.41) is 2.73. The summed E-state index contributed by atoms with van der Waals surface area (Å²) in [4.78, 5) is 11.7. The van der Waals surface area contributed by atoms with Gasteiger partial charge in [0, 0.05) is 5.69 Å². The molecule has 0 aliphatic heterocycles. The lowest BCUT2D eigenvalue weighted by molar-refractivity contribution is 0.0996. The van der Waals surface area contributed by atoms with Gasteiger partial charge in [-0.2, -0.15) is 0 Å². The van der Waals surface area contributed by atoms with Crippen molar-refractivity contribution in [3.8, 4) is 5.75 Å². The molecule has 1 heterocycles. The Morgan fingerprint density at radius 2 is 2.05 bits per heavy atom. The van der Waals surface area contributed by atoms with Crippen molar-refractivity contribution in [2.45, 2.75) is 6.42 Å². The molecule has 1 aromatic heterocycles. The highest BCUT2D eigenvalue weighted by Crippen LogP contribution is 2.16. The fourth-order valence-corrected chi connectivity index (χ4v) is 1.51. The van der Waals surface area contributed by atoms with Crippen molar-refractivity contribution in [1.82, 2.24) is 0 Å². The average molecular weight is 260 g/mol. The van der Waals surface area contributed by atoms with E-state index in [1.807, 2.05) is 0 Å². The van der Waals surface area contributed by atoms with Gasteiger partial charge in [-0.15, -0.1) is 0 Å². The maximum atomic E-state index is 11.7. The van der Waals surface area contributed by atoms with Crippen LogP contribution in [0.3, 0.4) is 0 Å². The summed E-state index contributed by atoms with van der Waals surface area (Å²) in [5.74, 6) is 0.759. The fourth-order valence-electron chi connectivity index (χ4n) is 1.51. The van der Waals surface area contributed by atoms with Crippen LogP contribution in [0.5, 0.6) is 5.75 Å². The molecule has 0 radical (unpaired) electrons. The highest BCUT2D eigenvalue weighted by Gasteiger charge is 2.08. The van der Waals surface area contributed by atoms with E-state index >= 15 is 0 Å². The van der Waals surface area contributed by atoms with Crippen molar-refractivity contribution in [3.63, 3.8) is 0 Å². The monoisotopic (exact) mass is 260 g/mol. The molecule has 2 aromatic rings. The van der Waals surface area contributed by atoms with E-state index in [-0.39, 0.29) is 11.7 Å². The van der Waals surface area contributed by atoms with Gasteiger partial charge in [-0.05, 0) is 49.4 Å². The van der Waals surface area contributed by atoms with Crippen LogP contribution < -0.4 is 15.8 Å². The number of amides is 1. The Balaban J connectivity index is 1.90. The van der Waals surface area contributed by atoms with Crippen molar-refractivity contribution in [2.75, 3.05) is 18.5 Å². The quantitative estimate of drug-likeness (QED) is 0.781. The second-order valence-corrected chi connectivity index (χ2v) is 3.95. The zero-order chi connectivity index (χ0) is 13.5. The minimum atomic E-state index is -0.276. The van der Waals surface area contributed by atoms with Crippen LogP contribution in [0.15, 0.2) is 47.1 Å². The minimum absolute atomic E-state index is 0.276. The van der Waals surface area contributed by atoms with Crippen molar-refractivity contribution in [3.05, 3.63) is 48.4 Å². The normalized spacial score (nSPS) is 10.2. The molecule has 0 aliphatic rings. The smallest absolute Gasteiger partial charge is 0.291 e. The van der Waals surface area contributed by atoms with Gasteiger partial charge < -0.3 is 20.2 Å². The Morgan fingerprint density at radius 1 is 1.26 bits per heavy atom. The number of anilines is 1. The van der Waals surface area contributed by atoms with Crippen LogP contribution in [-0.4, -0.2) is 19.1 Å². The Labute approximate surface area is 111 Å². The van der Waals surface area contributed by atoms with Crippen LogP contribution in [0, 0.1) is 0 Å². The van der Waals surface area contributed by atoms with Crippen molar-refractivity contribution in [2.24, 2.45) is 5.73 Å². The number of rotatable bonds is 6. The molecule has 0 saturated carbocycles. The van der Waals surface area contributed by atoms with Crippen molar-refractivity contribution >= 4 is 11.6 Å². The summed E-state index contributed by atoms with van der Waals surface area (Å²) < 4.78 is 10.5. The summed E-state index contributed by atoms with van der Waals surface area (Å²) in [5.41, 5.74) is 6.07. The van der Waals surface area contributed by atoms with Crippen LogP contribution in [0.25, 0.3) is 0 Å². The van der Waals surface area contributed by atoms with Gasteiger partial charge in [-0.1, -0.05) is 0 Å². The first-order valence-electron chi connectivity index (χ1n) is 6.07. The maximum Gasteiger partial charge on any atom is 0.291 e. The fraction of sp³-hybridized carbons (Fsp3) is 0.214. The molecular formula is C14H16N2O3. The number of carbonyl (C=O) groups excluding carboxylic acids is 1. The summed E-state index contributed by atoms with van der Waals surface area (Å²) in [6.45, 7) is 1.20. The standard InChI is InChI=1S/C14H16N2O3/c15-8-2-10-18-12-6-4-11(5-7-12)16-14(17)13-3-1-9-19-13/h1,3-7,9H,2,8,10,15H2,(H,16,17). The van der Waals surface area contributed by atoms with Crippen molar-refractivity contribution in [1.29, 1.82) is 0 Å². The second kappa shape index (κ2) is 6.61. The van der Waals surface area contributed by atoms with Gasteiger partial charge in [0.1, 0.15) is 5.75 Å². The number of benzene rings is 1. The number of nitrogens with two attached hydrogens (primary N) is 1. The molecule has 19 heavy (non-hydrogen) atoms. The third-order valence-electron chi connectivity index (χ3n) is 2.47. The Hall–Kier alpha value is -2.27. The van der Waals surface area contributed by atoms with E-state index < -0.39 is 0 Å². The molecular weight excluding hydrogens is 244 g/mol. The maximum absolute atomic E-state index is 11.7. The Bertz CT molecular complexity index is 506. The van der Waals surface area contributed by atoms with E-state index in [2.05, 4.69) is 5.32 Å². The lowest BCUT2D eigenvalue weighted by Gasteiger charge is -2.07. The summed E-state index contributed by atoms with van der Waals surface area (Å²) in [6, 6.07) is 10.4. The van der Waals surface area contributed by atoms with Crippen molar-refractivity contribution < 1.29 is 13.9 Å². The SMILES string of the molecule is NCCCOc1ccc(NC(=O)c2ccco2)cc1. The molecule has 0 aliphatic carbocycles. The van der Waals surface area contributed by atoms with Gasteiger partial charge in [0.2, 0.25) is 0 Å². The van der Waals surface area contributed by atoms with Gasteiger partial charge in [0.15, 0.2) is 5.76 Å². The number of hydrogen-bond donors (Lipinski definition) is 2. The Kier molecular flexibility index (Phi) is 4.58. The minimum Gasteiger partial charge on any atom is -0.494 e. The van der Waals surface area contributed by atoms with Gasteiger partial charge in [-0.25, -0.2) is 0 Å². The molecule has 5 nitrogen and oxygen atoms in total. The van der Waals surface area contributed by atoms with E-state index in [1.165, 1.54) is 6.26 Å². The molecule has 0 bridgehead atoms. The summed E-state index contributed by atoms with van der Waals surface area (Å²) >= 11 is 0. The molecule has 0 spiro atoms. The van der Waals surface area contributed by atoms with Crippen LogP contribution >= 0.6 is 0 Å². The largest absolute Gasteiger partial charge is 0.494 e. The highest BCUT2D eigenvalue weighted by atomic mass is 16.5. The molecule has 0 fully saturated rings. The predicted molar refractivity (Wildman–Crippen MR) is 72.3 cm³/mol. The third-order valence-corrected chi connectivity index (χ3v) is 2.47. The third kappa shape index (κ3) is 3.86. The van der Waals surface area contributed by atoms with E-state index in [4.69, 9.17) is 14.9 Å². The number of furan rings is 1. The molecule has 5 heteroatoms. The van der Waals surface area contributed by atoms with Gasteiger partial charge >= 0.3 is 0 Å². The first-order chi connectivity index (χ1) is 9.29. The molecule has 1 aromatic carbocycles. The van der Waals surface area contributed by atoms with E-state index in [0.29, 0.717) is 18.8 Å². The topological polar surface area (TPSA) is 77.5 Å². The molecule has 1 amide bonds. The zero-order valence-electron chi connectivity index (χ0n) is 10.5. The summed E-state index contributed by atoms with van der Waals surface area (Å²) in [7, 11) is 0. The predicted octanol–water partition coefficient (Wildman–Crippen LogP) is 2.26. The van der Waals surface area contributed by atoms with Crippen LogP contribution in [0.4, 0.5) is 5.69 Å². The van der Waals surface area contributed by atoms with E-state index in [0.717, 1.165) is 12.2 Å². The van der Waals surface area contributed by atoms with Crippen LogP contribution in [0.1, 0.15) is 17.0 Å². The molecule has 0 atom stereocenters. The van der Waals surface area contributed by atoms with Gasteiger partial charge in [0.25, 0.3) is 5.91 Å². The number of hydrogen-bond acceptors (Lipinski definition) is 4. The molecule has 2 rings (SSSR count). The highest BCUT2D eigenvalue weighted by molar-refractivity contribution is 6.02. The first-order valence-corrected chi connectivity index (χ1v) is 6.07. The average Bonchev–Trinajstić information content (AvgIpc) is 2.95. The van der Waals surface area contributed by atoms with Crippen LogP contribution in [0.2, 0.25) is 0 Å². The Morgan fingerprint density at radius 3 is 2.68 bits per heavy atom. The van der Waals surface area contributed by atoms with Gasteiger partial charge in [0.05, 0.1) is 12.9 Å². The second-order valence-electron chi connectivity index (χ2n) is 3.95. The lowest BCUT2D eigenvalue weighted by Crippen LogP contribution is -2.10. The van der Waals surface area contributed by atoms with Crippen LogP contribution in [-0.2, 0) is 0 Å². The van der Waals surface area contributed by atoms with Gasteiger partial charge in [-0.3, -0.25) is 4.79 Å².